The summed E-state index contributed by atoms with van der Waals surface area (Å²) >= 11 is 0. The molecule has 0 aromatic heterocycles. The molecule has 1 unspecified atom stereocenters. The molecule has 5 heteroatoms. The zero-order valence-electron chi connectivity index (χ0n) is 14.2. The summed E-state index contributed by atoms with van der Waals surface area (Å²) in [5.41, 5.74) is 0. The minimum atomic E-state index is 0.0206. The Labute approximate surface area is 130 Å². The van der Waals surface area contributed by atoms with Crippen molar-refractivity contribution in [3.05, 3.63) is 0 Å². The van der Waals surface area contributed by atoms with Crippen molar-refractivity contribution >= 4 is 5.91 Å². The van der Waals surface area contributed by atoms with Gasteiger partial charge in [-0.25, -0.2) is 0 Å². The van der Waals surface area contributed by atoms with Gasteiger partial charge in [0.2, 0.25) is 5.91 Å². The first-order valence-electron chi connectivity index (χ1n) is 8.36. The highest BCUT2D eigenvalue weighted by Gasteiger charge is 2.28. The van der Waals surface area contributed by atoms with Crippen molar-refractivity contribution in [1.82, 2.24) is 15.1 Å². The molecule has 1 fully saturated rings. The fourth-order valence-electron chi connectivity index (χ4n) is 2.98. The molecule has 0 aromatic carbocycles. The van der Waals surface area contributed by atoms with Crippen LogP contribution in [0.25, 0.3) is 0 Å². The Morgan fingerprint density at radius 3 is 2.48 bits per heavy atom. The van der Waals surface area contributed by atoms with Gasteiger partial charge in [-0.3, -0.25) is 9.69 Å². The number of piperidine rings is 1. The number of carbonyl (C=O) groups is 1. The summed E-state index contributed by atoms with van der Waals surface area (Å²) in [6.07, 6.45) is 2.35. The third-order valence-electron chi connectivity index (χ3n) is 4.55. The standard InChI is InChI=1S/C16H33N3O2/c1-5-18(6-2)16(20)14(3)19-10-7-15(8-11-19)13-17-9-12-21-4/h14-15,17H,5-13H2,1-4H3. The van der Waals surface area contributed by atoms with E-state index in [1.54, 1.807) is 7.11 Å². The summed E-state index contributed by atoms with van der Waals surface area (Å²) in [5.74, 6) is 1.01. The molecule has 0 saturated carbocycles. The minimum Gasteiger partial charge on any atom is -0.383 e. The first-order valence-corrected chi connectivity index (χ1v) is 8.36. The Morgan fingerprint density at radius 2 is 1.95 bits per heavy atom. The molecule has 1 aliphatic heterocycles. The van der Waals surface area contributed by atoms with Gasteiger partial charge in [-0.1, -0.05) is 0 Å². The van der Waals surface area contributed by atoms with Crippen LogP contribution in [-0.2, 0) is 9.53 Å². The third kappa shape index (κ3) is 5.93. The van der Waals surface area contributed by atoms with Gasteiger partial charge < -0.3 is 15.0 Å². The van der Waals surface area contributed by atoms with Crippen LogP contribution < -0.4 is 5.32 Å². The number of ether oxygens (including phenoxy) is 1. The smallest absolute Gasteiger partial charge is 0.239 e. The van der Waals surface area contributed by atoms with Crippen molar-refractivity contribution in [2.24, 2.45) is 5.92 Å². The highest BCUT2D eigenvalue weighted by atomic mass is 16.5. The van der Waals surface area contributed by atoms with Crippen molar-refractivity contribution in [2.45, 2.75) is 39.7 Å². The molecule has 5 nitrogen and oxygen atoms in total. The molecule has 124 valence electrons. The number of hydrogen-bond donors (Lipinski definition) is 1. The molecule has 0 spiro atoms. The molecule has 1 heterocycles. The van der Waals surface area contributed by atoms with Crippen LogP contribution in [0.2, 0.25) is 0 Å². The maximum Gasteiger partial charge on any atom is 0.239 e. The number of methoxy groups -OCH3 is 1. The SMILES string of the molecule is CCN(CC)C(=O)C(C)N1CCC(CNCCOC)CC1. The number of likely N-dealkylation sites (tertiary alicyclic amines) is 1. The maximum absolute atomic E-state index is 12.4. The second-order valence-electron chi connectivity index (χ2n) is 5.86. The lowest BCUT2D eigenvalue weighted by Gasteiger charge is -2.37. The summed E-state index contributed by atoms with van der Waals surface area (Å²) in [6.45, 7) is 12.6. The molecular formula is C16H33N3O2. The highest BCUT2D eigenvalue weighted by Crippen LogP contribution is 2.19. The third-order valence-corrected chi connectivity index (χ3v) is 4.55. The van der Waals surface area contributed by atoms with Crippen LogP contribution in [-0.4, -0.2) is 74.7 Å². The van der Waals surface area contributed by atoms with E-state index in [1.807, 2.05) is 18.7 Å². The van der Waals surface area contributed by atoms with E-state index >= 15 is 0 Å². The van der Waals surface area contributed by atoms with Gasteiger partial charge in [-0.2, -0.15) is 0 Å². The fourth-order valence-corrected chi connectivity index (χ4v) is 2.98. The maximum atomic E-state index is 12.4. The van der Waals surface area contributed by atoms with Gasteiger partial charge in [-0.15, -0.1) is 0 Å². The minimum absolute atomic E-state index is 0.0206. The van der Waals surface area contributed by atoms with Crippen LogP contribution >= 0.6 is 0 Å². The molecular weight excluding hydrogens is 266 g/mol. The van der Waals surface area contributed by atoms with Crippen molar-refractivity contribution in [2.75, 3.05) is 53.0 Å². The van der Waals surface area contributed by atoms with E-state index in [2.05, 4.69) is 17.1 Å². The molecule has 1 saturated heterocycles. The number of likely N-dealkylation sites (N-methyl/N-ethyl adjacent to an activating group) is 1. The molecule has 1 aliphatic rings. The predicted molar refractivity (Wildman–Crippen MR) is 86.4 cm³/mol. The van der Waals surface area contributed by atoms with E-state index in [4.69, 9.17) is 4.74 Å². The molecule has 0 radical (unpaired) electrons. The van der Waals surface area contributed by atoms with Crippen LogP contribution in [0.3, 0.4) is 0 Å². The Bertz CT molecular complexity index is 287. The van der Waals surface area contributed by atoms with Crippen molar-refractivity contribution in [3.63, 3.8) is 0 Å². The molecule has 0 aromatic rings. The molecule has 1 N–H and O–H groups in total. The molecule has 1 rings (SSSR count). The topological polar surface area (TPSA) is 44.8 Å². The highest BCUT2D eigenvalue weighted by molar-refractivity contribution is 5.81. The van der Waals surface area contributed by atoms with Crippen molar-refractivity contribution in [3.8, 4) is 0 Å². The van der Waals surface area contributed by atoms with Gasteiger partial charge in [0.05, 0.1) is 12.6 Å². The fraction of sp³-hybridized carbons (Fsp3) is 0.938. The van der Waals surface area contributed by atoms with Gasteiger partial charge in [0.25, 0.3) is 0 Å². The van der Waals surface area contributed by atoms with E-state index in [0.29, 0.717) is 0 Å². The van der Waals surface area contributed by atoms with E-state index in [9.17, 15) is 4.79 Å². The Balaban J connectivity index is 2.30. The molecule has 0 bridgehead atoms. The second-order valence-corrected chi connectivity index (χ2v) is 5.86. The van der Waals surface area contributed by atoms with Crippen LogP contribution in [0.5, 0.6) is 0 Å². The quantitative estimate of drug-likeness (QED) is 0.650. The number of amides is 1. The van der Waals surface area contributed by atoms with Crippen LogP contribution in [0, 0.1) is 5.92 Å². The first-order chi connectivity index (χ1) is 10.1. The van der Waals surface area contributed by atoms with Crippen LogP contribution in [0.15, 0.2) is 0 Å². The number of nitrogens with one attached hydrogen (secondary N) is 1. The largest absolute Gasteiger partial charge is 0.383 e. The van der Waals surface area contributed by atoms with Gasteiger partial charge in [-0.05, 0) is 59.2 Å². The van der Waals surface area contributed by atoms with Crippen LogP contribution in [0.1, 0.15) is 33.6 Å². The zero-order valence-corrected chi connectivity index (χ0v) is 14.2. The van der Waals surface area contributed by atoms with Gasteiger partial charge >= 0.3 is 0 Å². The van der Waals surface area contributed by atoms with Crippen LogP contribution in [0.4, 0.5) is 0 Å². The molecule has 1 amide bonds. The average Bonchev–Trinajstić information content (AvgIpc) is 2.52. The number of carbonyl (C=O) groups excluding carboxylic acids is 1. The summed E-state index contributed by atoms with van der Waals surface area (Å²) in [4.78, 5) is 16.7. The van der Waals surface area contributed by atoms with E-state index < -0.39 is 0 Å². The lowest BCUT2D eigenvalue weighted by atomic mass is 9.95. The Morgan fingerprint density at radius 1 is 1.33 bits per heavy atom. The number of rotatable bonds is 9. The molecule has 0 aliphatic carbocycles. The lowest BCUT2D eigenvalue weighted by Crippen LogP contribution is -2.50. The average molecular weight is 299 g/mol. The molecule has 21 heavy (non-hydrogen) atoms. The Kier molecular flexibility index (Phi) is 8.88. The second kappa shape index (κ2) is 10.1. The summed E-state index contributed by atoms with van der Waals surface area (Å²) in [7, 11) is 1.73. The van der Waals surface area contributed by atoms with E-state index in [1.165, 1.54) is 12.8 Å². The number of nitrogens with zero attached hydrogens (tertiary/aromatic N) is 2. The van der Waals surface area contributed by atoms with Gasteiger partial charge in [0.1, 0.15) is 0 Å². The van der Waals surface area contributed by atoms with E-state index in [0.717, 1.165) is 51.8 Å². The van der Waals surface area contributed by atoms with Crippen molar-refractivity contribution in [1.29, 1.82) is 0 Å². The lowest BCUT2D eigenvalue weighted by molar-refractivity contribution is -0.136. The van der Waals surface area contributed by atoms with Gasteiger partial charge in [0, 0.05) is 26.7 Å². The first kappa shape index (κ1) is 18.4. The normalized spacial score (nSPS) is 18.7. The van der Waals surface area contributed by atoms with E-state index in [-0.39, 0.29) is 11.9 Å². The zero-order chi connectivity index (χ0) is 15.7. The Hall–Kier alpha value is -0.650. The summed E-state index contributed by atoms with van der Waals surface area (Å²) in [6, 6.07) is 0.0206. The van der Waals surface area contributed by atoms with Crippen molar-refractivity contribution < 1.29 is 9.53 Å². The van der Waals surface area contributed by atoms with Gasteiger partial charge in [0.15, 0.2) is 0 Å². The molecule has 1 atom stereocenters. The number of hydrogen-bond acceptors (Lipinski definition) is 4. The predicted octanol–water partition coefficient (Wildman–Crippen LogP) is 1.19. The summed E-state index contributed by atoms with van der Waals surface area (Å²) < 4.78 is 5.04. The monoisotopic (exact) mass is 299 g/mol. The summed E-state index contributed by atoms with van der Waals surface area (Å²) in [5, 5.41) is 3.44.